The van der Waals surface area contributed by atoms with Crippen molar-refractivity contribution in [1.82, 2.24) is 4.67 Å². The third-order valence-corrected chi connectivity index (χ3v) is 1.29. The maximum absolute atomic E-state index is 3.61. The first-order valence-electron chi connectivity index (χ1n) is 2.58. The molecule has 0 aliphatic rings. The van der Waals surface area contributed by atoms with Gasteiger partial charge in [-0.2, -0.15) is 4.67 Å². The zero-order chi connectivity index (χ0) is 6.41. The molecule has 0 saturated carbocycles. The highest BCUT2D eigenvalue weighted by atomic mass is 31.0. The summed E-state index contributed by atoms with van der Waals surface area (Å²) in [6.07, 6.45) is 3.77. The summed E-state index contributed by atoms with van der Waals surface area (Å²) in [7, 11) is 1.84. The van der Waals surface area contributed by atoms with Crippen LogP contribution >= 0.6 is 9.39 Å². The molecular formula is C6H13NP+. The summed E-state index contributed by atoms with van der Waals surface area (Å²) in [5.74, 6) is 0. The molecule has 8 heavy (non-hydrogen) atoms. The fourth-order valence-electron chi connectivity index (χ4n) is 0.440. The van der Waals surface area contributed by atoms with Gasteiger partial charge in [0, 0.05) is 9.39 Å². The van der Waals surface area contributed by atoms with Crippen LogP contribution in [-0.2, 0) is 0 Å². The molecule has 46 valence electrons. The highest BCUT2D eigenvalue weighted by Gasteiger charge is 1.91. The van der Waals surface area contributed by atoms with Gasteiger partial charge in [0.15, 0.2) is 0 Å². The van der Waals surface area contributed by atoms with E-state index in [1.165, 1.54) is 0 Å². The van der Waals surface area contributed by atoms with Crippen LogP contribution in [0.4, 0.5) is 0 Å². The van der Waals surface area contributed by atoms with Gasteiger partial charge in [0.25, 0.3) is 0 Å². The van der Waals surface area contributed by atoms with E-state index in [4.69, 9.17) is 0 Å². The highest BCUT2D eigenvalue weighted by molar-refractivity contribution is 7.13. The molecule has 0 aromatic heterocycles. The molecule has 0 rings (SSSR count). The normalized spacial score (nSPS) is 9.62. The van der Waals surface area contributed by atoms with Crippen molar-refractivity contribution in [1.29, 1.82) is 0 Å². The Morgan fingerprint density at radius 1 is 1.25 bits per heavy atom. The predicted molar refractivity (Wildman–Crippen MR) is 43.1 cm³/mol. The van der Waals surface area contributed by atoms with E-state index in [9.17, 15) is 0 Å². The quantitative estimate of drug-likeness (QED) is 0.408. The minimum Gasteiger partial charge on any atom is -0.180 e. The Morgan fingerprint density at radius 2 is 1.62 bits per heavy atom. The van der Waals surface area contributed by atoms with Gasteiger partial charge in [0.2, 0.25) is 0 Å². The molecule has 0 heterocycles. The lowest BCUT2D eigenvalue weighted by Gasteiger charge is -2.02. The molecule has 2 heteroatoms. The molecule has 0 aliphatic carbocycles. The monoisotopic (exact) mass is 130 g/mol. The van der Waals surface area contributed by atoms with Crippen molar-refractivity contribution >= 4 is 9.39 Å². The van der Waals surface area contributed by atoms with Crippen molar-refractivity contribution in [3.63, 3.8) is 0 Å². The van der Waals surface area contributed by atoms with Crippen molar-refractivity contribution in [2.24, 2.45) is 0 Å². The van der Waals surface area contributed by atoms with E-state index in [-0.39, 0.29) is 0 Å². The Kier molecular flexibility index (Phi) is 4.93. The molecule has 0 aromatic carbocycles. The average Bonchev–Trinajstić information content (AvgIpc) is 1.68. The molecule has 0 aromatic rings. The fourth-order valence-corrected chi connectivity index (χ4v) is 0.805. The van der Waals surface area contributed by atoms with Crippen LogP contribution < -0.4 is 0 Å². The van der Waals surface area contributed by atoms with E-state index in [0.29, 0.717) is 0 Å². The van der Waals surface area contributed by atoms with Gasteiger partial charge >= 0.3 is 0 Å². The standard InChI is InChI=1S/C6H12NP/c1-3-5-7(8)6-4-2/h3-4H,1-2,5-6,8H2/p+1. The first kappa shape index (κ1) is 7.87. The zero-order valence-electron chi connectivity index (χ0n) is 5.14. The van der Waals surface area contributed by atoms with Gasteiger partial charge in [-0.1, -0.05) is 12.2 Å². The lowest BCUT2D eigenvalue weighted by Crippen LogP contribution is -2.09. The Balaban J connectivity index is 3.16. The van der Waals surface area contributed by atoms with Gasteiger partial charge in [-0.05, 0) is 0 Å². The third-order valence-electron chi connectivity index (χ3n) is 0.775. The van der Waals surface area contributed by atoms with E-state index in [2.05, 4.69) is 17.8 Å². The third kappa shape index (κ3) is 4.04. The molecule has 0 radical (unpaired) electrons. The zero-order valence-corrected chi connectivity index (χ0v) is 6.55. The van der Waals surface area contributed by atoms with E-state index >= 15 is 0 Å². The van der Waals surface area contributed by atoms with Crippen LogP contribution in [0.5, 0.6) is 0 Å². The Morgan fingerprint density at radius 3 is 1.88 bits per heavy atom. The van der Waals surface area contributed by atoms with Crippen molar-refractivity contribution in [3.8, 4) is 0 Å². The number of nitrogens with zero attached hydrogens (tertiary/aromatic N) is 1. The molecular weight excluding hydrogens is 117 g/mol. The predicted octanol–water partition coefficient (Wildman–Crippen LogP) is 1.18. The maximum atomic E-state index is 3.61. The van der Waals surface area contributed by atoms with E-state index in [0.717, 1.165) is 13.1 Å². The lowest BCUT2D eigenvalue weighted by molar-refractivity contribution is 0.579. The Labute approximate surface area is 53.3 Å². The van der Waals surface area contributed by atoms with Gasteiger partial charge in [-0.25, -0.2) is 0 Å². The fraction of sp³-hybridized carbons (Fsp3) is 0.333. The highest BCUT2D eigenvalue weighted by Crippen LogP contribution is 1.95. The molecule has 0 bridgehead atoms. The Bertz CT molecular complexity index is 70.6. The van der Waals surface area contributed by atoms with Crippen LogP contribution in [0.15, 0.2) is 25.3 Å². The summed E-state index contributed by atoms with van der Waals surface area (Å²) >= 11 is 0. The average molecular weight is 130 g/mol. The second kappa shape index (κ2) is 5.02. The van der Waals surface area contributed by atoms with Crippen LogP contribution in [0, 0.1) is 0 Å². The lowest BCUT2D eigenvalue weighted by atomic mass is 10.5. The van der Waals surface area contributed by atoms with Gasteiger partial charge in [-0.3, -0.25) is 0 Å². The van der Waals surface area contributed by atoms with Crippen LogP contribution in [0.3, 0.4) is 0 Å². The molecule has 0 fully saturated rings. The maximum Gasteiger partial charge on any atom is 0.0507 e. The summed E-state index contributed by atoms with van der Waals surface area (Å²) in [6.45, 7) is 9.12. The summed E-state index contributed by atoms with van der Waals surface area (Å²) in [5, 5.41) is 0. The summed E-state index contributed by atoms with van der Waals surface area (Å²) in [6, 6.07) is 0. The largest absolute Gasteiger partial charge is 0.180 e. The summed E-state index contributed by atoms with van der Waals surface area (Å²) in [5.41, 5.74) is 0. The summed E-state index contributed by atoms with van der Waals surface area (Å²) < 4.78 is 2.15. The second-order valence-corrected chi connectivity index (χ2v) is 2.51. The van der Waals surface area contributed by atoms with E-state index in [1.54, 1.807) is 0 Å². The minimum atomic E-state index is 0.949. The SMILES string of the molecule is C=CCN([PH3+])CC=C. The van der Waals surface area contributed by atoms with Crippen LogP contribution in [0.1, 0.15) is 0 Å². The smallest absolute Gasteiger partial charge is 0.0507 e. The van der Waals surface area contributed by atoms with Crippen LogP contribution in [0.25, 0.3) is 0 Å². The summed E-state index contributed by atoms with van der Waals surface area (Å²) in [4.78, 5) is 0. The van der Waals surface area contributed by atoms with Gasteiger partial charge in [0.1, 0.15) is 0 Å². The molecule has 0 amide bonds. The van der Waals surface area contributed by atoms with E-state index in [1.807, 2.05) is 21.5 Å². The van der Waals surface area contributed by atoms with Crippen molar-refractivity contribution in [3.05, 3.63) is 25.3 Å². The van der Waals surface area contributed by atoms with Gasteiger partial charge in [-0.15, -0.1) is 13.2 Å². The number of rotatable bonds is 4. The van der Waals surface area contributed by atoms with Crippen molar-refractivity contribution < 1.29 is 0 Å². The van der Waals surface area contributed by atoms with Crippen molar-refractivity contribution in [2.75, 3.05) is 13.1 Å². The first-order valence-corrected chi connectivity index (χ1v) is 3.21. The number of hydrogen-bond donors (Lipinski definition) is 0. The van der Waals surface area contributed by atoms with Crippen molar-refractivity contribution in [2.45, 2.75) is 0 Å². The molecule has 1 nitrogen and oxygen atoms in total. The van der Waals surface area contributed by atoms with Gasteiger partial charge < -0.3 is 0 Å². The number of hydrogen-bond acceptors (Lipinski definition) is 1. The molecule has 0 spiro atoms. The topological polar surface area (TPSA) is 3.24 Å². The minimum absolute atomic E-state index is 0.949. The molecule has 1 unspecified atom stereocenters. The van der Waals surface area contributed by atoms with Gasteiger partial charge in [0.05, 0.1) is 13.1 Å². The molecule has 1 atom stereocenters. The van der Waals surface area contributed by atoms with Crippen LogP contribution in [0.2, 0.25) is 0 Å². The molecule has 0 N–H and O–H groups in total. The Hall–Kier alpha value is -0.130. The van der Waals surface area contributed by atoms with Crippen LogP contribution in [-0.4, -0.2) is 17.8 Å². The second-order valence-electron chi connectivity index (χ2n) is 1.61. The molecule has 0 saturated heterocycles. The molecule has 0 aliphatic heterocycles. The van der Waals surface area contributed by atoms with E-state index < -0.39 is 0 Å². The first-order chi connectivity index (χ1) is 3.81.